The van der Waals surface area contributed by atoms with E-state index in [0.717, 1.165) is 5.92 Å². The molecular weight excluding hydrogens is 288 g/mol. The average molecular weight is 321 g/mol. The van der Waals surface area contributed by atoms with Crippen LogP contribution in [0.4, 0.5) is 0 Å². The maximum atomic E-state index is 3.63. The number of hydrogen-bond acceptors (Lipinski definition) is 0. The zero-order valence-electron chi connectivity index (χ0n) is 15.7. The minimum absolute atomic E-state index is 0.769. The third-order valence-electron chi connectivity index (χ3n) is 3.17. The number of hydrogen-bond donors (Lipinski definition) is 0. The van der Waals surface area contributed by atoms with Crippen LogP contribution >= 0.6 is 0 Å². The lowest BCUT2D eigenvalue weighted by atomic mass is 10.0. The summed E-state index contributed by atoms with van der Waals surface area (Å²) in [5, 5.41) is 0. The van der Waals surface area contributed by atoms with Crippen molar-refractivity contribution < 1.29 is 0 Å². The first-order valence-corrected chi connectivity index (χ1v) is 8.75. The first-order chi connectivity index (χ1) is 11.7. The quantitative estimate of drug-likeness (QED) is 0.510. The summed E-state index contributed by atoms with van der Waals surface area (Å²) < 4.78 is 0. The molecule has 1 aliphatic rings. The molecule has 2 aromatic rings. The van der Waals surface area contributed by atoms with E-state index in [9.17, 15) is 0 Å². The van der Waals surface area contributed by atoms with Crippen LogP contribution in [0.5, 0.6) is 0 Å². The Morgan fingerprint density at radius 3 is 1.67 bits per heavy atom. The van der Waals surface area contributed by atoms with Crippen LogP contribution in [0, 0.1) is 12.8 Å². The van der Waals surface area contributed by atoms with Crippen molar-refractivity contribution in [1.29, 1.82) is 0 Å². The molecular formula is C24H32. The van der Waals surface area contributed by atoms with Gasteiger partial charge in [0.25, 0.3) is 0 Å². The molecule has 128 valence electrons. The molecule has 0 spiro atoms. The fourth-order valence-electron chi connectivity index (χ4n) is 1.83. The molecule has 1 atom stereocenters. The van der Waals surface area contributed by atoms with E-state index >= 15 is 0 Å². The summed E-state index contributed by atoms with van der Waals surface area (Å²) in [6.07, 6.45) is 11.7. The van der Waals surface area contributed by atoms with E-state index in [1.807, 2.05) is 68.5 Å². The SMILES string of the molecule is C=Cc1ccccc1.CC.CC1C=CC=CC1.Cc1ccccc1. The molecule has 0 saturated heterocycles. The van der Waals surface area contributed by atoms with E-state index in [1.54, 1.807) is 0 Å². The molecule has 1 aliphatic carbocycles. The highest BCUT2D eigenvalue weighted by molar-refractivity contribution is 5.45. The Kier molecular flexibility index (Phi) is 14.0. The minimum Gasteiger partial charge on any atom is -0.0985 e. The lowest BCUT2D eigenvalue weighted by Crippen LogP contribution is -1.87. The van der Waals surface area contributed by atoms with E-state index in [0.29, 0.717) is 0 Å². The van der Waals surface area contributed by atoms with Crippen molar-refractivity contribution in [2.75, 3.05) is 0 Å². The Morgan fingerprint density at radius 1 is 0.875 bits per heavy atom. The normalized spacial score (nSPS) is 13.9. The largest absolute Gasteiger partial charge is 0.0985 e. The Labute approximate surface area is 149 Å². The Balaban J connectivity index is 0.000000315. The summed E-state index contributed by atoms with van der Waals surface area (Å²) >= 11 is 0. The number of aryl methyl sites for hydroxylation is 1. The third-order valence-corrected chi connectivity index (χ3v) is 3.17. The third kappa shape index (κ3) is 12.2. The van der Waals surface area contributed by atoms with E-state index in [2.05, 4.69) is 56.9 Å². The van der Waals surface area contributed by atoms with Crippen LogP contribution in [-0.4, -0.2) is 0 Å². The van der Waals surface area contributed by atoms with Gasteiger partial charge in [0, 0.05) is 0 Å². The van der Waals surface area contributed by atoms with Crippen LogP contribution in [0.1, 0.15) is 38.3 Å². The highest BCUT2D eigenvalue weighted by Gasteiger charge is 1.93. The molecule has 3 rings (SSSR count). The minimum atomic E-state index is 0.769. The van der Waals surface area contributed by atoms with Gasteiger partial charge in [-0.25, -0.2) is 0 Å². The van der Waals surface area contributed by atoms with Gasteiger partial charge in [-0.1, -0.05) is 124 Å². The topological polar surface area (TPSA) is 0 Å². The molecule has 0 amide bonds. The van der Waals surface area contributed by atoms with Crippen molar-refractivity contribution in [3.8, 4) is 0 Å². The van der Waals surface area contributed by atoms with Gasteiger partial charge in [-0.15, -0.1) is 0 Å². The average Bonchev–Trinajstić information content (AvgIpc) is 2.66. The van der Waals surface area contributed by atoms with E-state index in [4.69, 9.17) is 0 Å². The maximum Gasteiger partial charge on any atom is -0.0224 e. The van der Waals surface area contributed by atoms with Crippen molar-refractivity contribution in [3.05, 3.63) is 103 Å². The van der Waals surface area contributed by atoms with Crippen LogP contribution in [0.25, 0.3) is 6.08 Å². The number of allylic oxidation sites excluding steroid dienone is 4. The Morgan fingerprint density at radius 2 is 1.42 bits per heavy atom. The molecule has 2 aromatic carbocycles. The molecule has 0 heterocycles. The summed E-state index contributed by atoms with van der Waals surface area (Å²) in [4.78, 5) is 0. The number of benzene rings is 2. The molecule has 0 aromatic heterocycles. The summed E-state index contributed by atoms with van der Waals surface area (Å²) in [7, 11) is 0. The maximum absolute atomic E-state index is 3.63. The fraction of sp³-hybridized carbons (Fsp3) is 0.250. The molecule has 0 saturated carbocycles. The van der Waals surface area contributed by atoms with Gasteiger partial charge in [-0.05, 0) is 24.8 Å². The van der Waals surface area contributed by atoms with Gasteiger partial charge in [-0.3, -0.25) is 0 Å². The smallest absolute Gasteiger partial charge is 0.0224 e. The highest BCUT2D eigenvalue weighted by atomic mass is 14.0. The van der Waals surface area contributed by atoms with Crippen molar-refractivity contribution >= 4 is 6.08 Å². The fourth-order valence-corrected chi connectivity index (χ4v) is 1.83. The first kappa shape index (κ1) is 21.7. The summed E-state index contributed by atoms with van der Waals surface area (Å²) in [5.41, 5.74) is 2.50. The second-order valence-corrected chi connectivity index (χ2v) is 5.30. The molecule has 24 heavy (non-hydrogen) atoms. The molecule has 0 heteroatoms. The summed E-state index contributed by atoms with van der Waals surface area (Å²) in [6.45, 7) is 11.9. The second-order valence-electron chi connectivity index (χ2n) is 5.30. The lowest BCUT2D eigenvalue weighted by molar-refractivity contribution is 0.737. The molecule has 0 bridgehead atoms. The van der Waals surface area contributed by atoms with Crippen LogP contribution < -0.4 is 0 Å². The van der Waals surface area contributed by atoms with Crippen LogP contribution in [-0.2, 0) is 0 Å². The monoisotopic (exact) mass is 320 g/mol. The molecule has 1 unspecified atom stereocenters. The van der Waals surface area contributed by atoms with Crippen LogP contribution in [0.3, 0.4) is 0 Å². The molecule has 0 radical (unpaired) electrons. The first-order valence-electron chi connectivity index (χ1n) is 8.75. The summed E-state index contributed by atoms with van der Waals surface area (Å²) in [5.74, 6) is 0.769. The van der Waals surface area contributed by atoms with Gasteiger partial charge < -0.3 is 0 Å². The van der Waals surface area contributed by atoms with Gasteiger partial charge in [0.1, 0.15) is 0 Å². The molecule has 0 N–H and O–H groups in total. The van der Waals surface area contributed by atoms with Crippen molar-refractivity contribution in [2.24, 2.45) is 5.92 Å². The Bertz CT molecular complexity index is 562. The second kappa shape index (κ2) is 15.6. The van der Waals surface area contributed by atoms with E-state index in [-0.39, 0.29) is 0 Å². The van der Waals surface area contributed by atoms with Gasteiger partial charge in [0.15, 0.2) is 0 Å². The lowest BCUT2D eigenvalue weighted by Gasteiger charge is -2.02. The van der Waals surface area contributed by atoms with Gasteiger partial charge in [-0.2, -0.15) is 0 Å². The summed E-state index contributed by atoms with van der Waals surface area (Å²) in [6, 6.07) is 20.3. The van der Waals surface area contributed by atoms with Crippen molar-refractivity contribution in [1.82, 2.24) is 0 Å². The Hall–Kier alpha value is -2.34. The van der Waals surface area contributed by atoms with Gasteiger partial charge in [0.2, 0.25) is 0 Å². The highest BCUT2D eigenvalue weighted by Crippen LogP contribution is 2.08. The zero-order chi connectivity index (χ0) is 18.0. The van der Waals surface area contributed by atoms with Crippen molar-refractivity contribution in [3.63, 3.8) is 0 Å². The molecule has 0 fully saturated rings. The predicted molar refractivity (Wildman–Crippen MR) is 111 cm³/mol. The van der Waals surface area contributed by atoms with E-state index < -0.39 is 0 Å². The van der Waals surface area contributed by atoms with Crippen LogP contribution in [0.15, 0.2) is 91.5 Å². The number of rotatable bonds is 1. The van der Waals surface area contributed by atoms with Gasteiger partial charge >= 0.3 is 0 Å². The zero-order valence-corrected chi connectivity index (χ0v) is 15.7. The molecule has 0 aliphatic heterocycles. The predicted octanol–water partition coefficient (Wildman–Crippen LogP) is 7.49. The van der Waals surface area contributed by atoms with Gasteiger partial charge in [0.05, 0.1) is 0 Å². The molecule has 0 nitrogen and oxygen atoms in total. The van der Waals surface area contributed by atoms with Crippen LogP contribution in [0.2, 0.25) is 0 Å². The van der Waals surface area contributed by atoms with E-state index in [1.165, 1.54) is 17.5 Å². The van der Waals surface area contributed by atoms with Crippen molar-refractivity contribution in [2.45, 2.75) is 34.1 Å². The standard InChI is InChI=1S/C8H8.C7H10.C7H8.C2H6/c1-2-8-6-4-3-5-7-8;2*1-7-5-3-2-4-6-7;1-2/h2-7H,1H2;2-5,7H,6H2,1H3;2-6H,1H3;1-2H3.